The molecule has 0 bridgehead atoms. The summed E-state index contributed by atoms with van der Waals surface area (Å²) in [5, 5.41) is 3.16. The number of nitrogens with zero attached hydrogens (tertiary/aromatic N) is 1. The van der Waals surface area contributed by atoms with Crippen LogP contribution in [0.3, 0.4) is 0 Å². The van der Waals surface area contributed by atoms with E-state index in [9.17, 15) is 0 Å². The molecule has 0 aliphatic carbocycles. The predicted octanol–water partition coefficient (Wildman–Crippen LogP) is 2.87. The summed E-state index contributed by atoms with van der Waals surface area (Å²) in [5.74, 6) is 0. The summed E-state index contributed by atoms with van der Waals surface area (Å²) in [6.45, 7) is 4.10. The molecule has 1 unspecified atom stereocenters. The smallest absolute Gasteiger partial charge is 0.0897 e. The Morgan fingerprint density at radius 1 is 1.43 bits per heavy atom. The van der Waals surface area contributed by atoms with Crippen LogP contribution in [0.2, 0.25) is 0 Å². The molecule has 0 fully saturated rings. The second-order valence-corrected chi connectivity index (χ2v) is 5.44. The maximum Gasteiger partial charge on any atom is 0.0897 e. The van der Waals surface area contributed by atoms with E-state index in [4.69, 9.17) is 5.73 Å². The maximum atomic E-state index is 6.16. The van der Waals surface area contributed by atoms with Gasteiger partial charge in [-0.15, -0.1) is 22.7 Å². The summed E-state index contributed by atoms with van der Waals surface area (Å²) in [6, 6.07) is 2.11. The van der Waals surface area contributed by atoms with Crippen LogP contribution in [-0.4, -0.2) is 4.98 Å². The summed E-state index contributed by atoms with van der Waals surface area (Å²) in [7, 11) is 0. The highest BCUT2D eigenvalue weighted by molar-refractivity contribution is 7.12. The highest BCUT2D eigenvalue weighted by Gasteiger charge is 2.14. The number of hydrogen-bond donors (Lipinski definition) is 1. The number of rotatable bonds is 2. The molecule has 0 saturated heterocycles. The van der Waals surface area contributed by atoms with Crippen molar-refractivity contribution in [1.29, 1.82) is 0 Å². The average Bonchev–Trinajstić information content (AvgIpc) is 2.73. The Morgan fingerprint density at radius 3 is 2.71 bits per heavy atom. The average molecular weight is 224 g/mol. The Bertz CT molecular complexity index is 431. The molecule has 4 heteroatoms. The van der Waals surface area contributed by atoms with E-state index >= 15 is 0 Å². The molecule has 0 aromatic carbocycles. The minimum Gasteiger partial charge on any atom is -0.319 e. The Kier molecular flexibility index (Phi) is 2.67. The molecule has 74 valence electrons. The molecular formula is C10H12N2S2. The molecule has 2 rings (SSSR count). The number of aryl methyl sites for hydroxylation is 2. The zero-order valence-electron chi connectivity index (χ0n) is 8.15. The van der Waals surface area contributed by atoms with Crippen molar-refractivity contribution in [2.24, 2.45) is 5.73 Å². The van der Waals surface area contributed by atoms with Crippen molar-refractivity contribution in [3.8, 4) is 0 Å². The highest BCUT2D eigenvalue weighted by atomic mass is 32.1. The second-order valence-electron chi connectivity index (χ2n) is 3.23. The summed E-state index contributed by atoms with van der Waals surface area (Å²) in [6.07, 6.45) is 1.88. The number of aromatic nitrogens is 1. The first-order valence-corrected chi connectivity index (χ1v) is 6.10. The quantitative estimate of drug-likeness (QED) is 0.852. The van der Waals surface area contributed by atoms with E-state index in [1.807, 2.05) is 13.1 Å². The van der Waals surface area contributed by atoms with E-state index in [0.29, 0.717) is 0 Å². The van der Waals surface area contributed by atoms with Crippen LogP contribution in [-0.2, 0) is 0 Å². The molecular weight excluding hydrogens is 212 g/mol. The lowest BCUT2D eigenvalue weighted by molar-refractivity contribution is 0.903. The molecule has 0 aliphatic heterocycles. The molecule has 2 nitrogen and oxygen atoms in total. The maximum absolute atomic E-state index is 6.16. The van der Waals surface area contributed by atoms with Gasteiger partial charge < -0.3 is 5.73 Å². The fourth-order valence-electron chi connectivity index (χ4n) is 1.35. The Morgan fingerprint density at radius 2 is 2.21 bits per heavy atom. The molecule has 14 heavy (non-hydrogen) atoms. The zero-order chi connectivity index (χ0) is 10.1. The van der Waals surface area contributed by atoms with Crippen LogP contribution in [0.5, 0.6) is 0 Å². The van der Waals surface area contributed by atoms with Gasteiger partial charge in [0.2, 0.25) is 0 Å². The van der Waals surface area contributed by atoms with Crippen molar-refractivity contribution in [2.45, 2.75) is 19.9 Å². The van der Waals surface area contributed by atoms with Crippen LogP contribution in [0, 0.1) is 13.8 Å². The van der Waals surface area contributed by atoms with Gasteiger partial charge in [-0.1, -0.05) is 0 Å². The zero-order valence-corrected chi connectivity index (χ0v) is 9.78. The first-order chi connectivity index (χ1) is 6.68. The first kappa shape index (κ1) is 9.83. The predicted molar refractivity (Wildman–Crippen MR) is 61.9 cm³/mol. The normalized spacial score (nSPS) is 13.1. The summed E-state index contributed by atoms with van der Waals surface area (Å²) in [4.78, 5) is 6.61. The monoisotopic (exact) mass is 224 g/mol. The molecule has 1 atom stereocenters. The van der Waals surface area contributed by atoms with E-state index in [1.54, 1.807) is 22.7 Å². The van der Waals surface area contributed by atoms with Crippen LogP contribution < -0.4 is 5.73 Å². The van der Waals surface area contributed by atoms with Crippen LogP contribution in [0.25, 0.3) is 0 Å². The van der Waals surface area contributed by atoms with Gasteiger partial charge in [-0.2, -0.15) is 0 Å². The molecule has 0 radical (unpaired) electrons. The van der Waals surface area contributed by atoms with Gasteiger partial charge in [-0.05, 0) is 30.9 Å². The fourth-order valence-corrected chi connectivity index (χ4v) is 3.17. The minimum atomic E-state index is 0.00111. The first-order valence-electron chi connectivity index (χ1n) is 4.40. The van der Waals surface area contributed by atoms with Gasteiger partial charge in [0.1, 0.15) is 0 Å². The Labute approximate surface area is 91.4 Å². The third-order valence-electron chi connectivity index (χ3n) is 2.13. The molecule has 2 N–H and O–H groups in total. The van der Waals surface area contributed by atoms with Crippen molar-refractivity contribution in [2.75, 3.05) is 0 Å². The summed E-state index contributed by atoms with van der Waals surface area (Å²) in [5.41, 5.74) is 7.43. The fraction of sp³-hybridized carbons (Fsp3) is 0.300. The third-order valence-corrected chi connectivity index (χ3v) is 4.23. The van der Waals surface area contributed by atoms with Crippen LogP contribution in [0.15, 0.2) is 17.6 Å². The highest BCUT2D eigenvalue weighted by Crippen LogP contribution is 2.30. The number of hydrogen-bond acceptors (Lipinski definition) is 4. The van der Waals surface area contributed by atoms with E-state index in [1.165, 1.54) is 10.4 Å². The van der Waals surface area contributed by atoms with Gasteiger partial charge in [0.15, 0.2) is 0 Å². The summed E-state index contributed by atoms with van der Waals surface area (Å²) < 4.78 is 0. The van der Waals surface area contributed by atoms with Gasteiger partial charge in [-0.25, -0.2) is 4.98 Å². The summed E-state index contributed by atoms with van der Waals surface area (Å²) >= 11 is 3.39. The van der Waals surface area contributed by atoms with Crippen molar-refractivity contribution >= 4 is 22.7 Å². The van der Waals surface area contributed by atoms with E-state index in [0.717, 1.165) is 9.88 Å². The number of thiophene rings is 1. The van der Waals surface area contributed by atoms with Crippen LogP contribution in [0.1, 0.15) is 26.4 Å². The van der Waals surface area contributed by atoms with E-state index in [2.05, 4.69) is 23.4 Å². The molecule has 2 heterocycles. The van der Waals surface area contributed by atoms with E-state index in [-0.39, 0.29) is 6.04 Å². The molecule has 2 aromatic heterocycles. The van der Waals surface area contributed by atoms with Crippen molar-refractivity contribution in [1.82, 2.24) is 4.98 Å². The Balaban J connectivity index is 2.33. The SMILES string of the molecule is Cc1ncc(C(N)c2sccc2C)s1. The molecule has 0 saturated carbocycles. The number of nitrogens with two attached hydrogens (primary N) is 1. The van der Waals surface area contributed by atoms with Gasteiger partial charge in [0, 0.05) is 16.0 Å². The molecule has 0 amide bonds. The van der Waals surface area contributed by atoms with Gasteiger partial charge in [0.25, 0.3) is 0 Å². The largest absolute Gasteiger partial charge is 0.319 e. The van der Waals surface area contributed by atoms with Crippen molar-refractivity contribution in [3.05, 3.63) is 38.0 Å². The lowest BCUT2D eigenvalue weighted by Crippen LogP contribution is -2.09. The standard InChI is InChI=1S/C10H12N2S2/c1-6-3-4-13-10(6)9(11)8-5-12-7(2)14-8/h3-5,9H,11H2,1-2H3. The lowest BCUT2D eigenvalue weighted by atomic mass is 10.1. The number of thiazole rings is 1. The van der Waals surface area contributed by atoms with Crippen LogP contribution in [0.4, 0.5) is 0 Å². The van der Waals surface area contributed by atoms with E-state index < -0.39 is 0 Å². The van der Waals surface area contributed by atoms with Gasteiger partial charge >= 0.3 is 0 Å². The molecule has 0 spiro atoms. The minimum absolute atomic E-state index is 0.00111. The van der Waals surface area contributed by atoms with Crippen LogP contribution >= 0.6 is 22.7 Å². The van der Waals surface area contributed by atoms with Crippen molar-refractivity contribution < 1.29 is 0 Å². The van der Waals surface area contributed by atoms with Gasteiger partial charge in [0.05, 0.1) is 11.0 Å². The lowest BCUT2D eigenvalue weighted by Gasteiger charge is -2.07. The molecule has 2 aromatic rings. The second kappa shape index (κ2) is 3.81. The molecule has 0 aliphatic rings. The van der Waals surface area contributed by atoms with Gasteiger partial charge in [-0.3, -0.25) is 0 Å². The van der Waals surface area contributed by atoms with Crippen molar-refractivity contribution in [3.63, 3.8) is 0 Å². The third kappa shape index (κ3) is 1.73. The Hall–Kier alpha value is -0.710. The topological polar surface area (TPSA) is 38.9 Å².